The summed E-state index contributed by atoms with van der Waals surface area (Å²) in [6, 6.07) is 55.6. The second-order valence-corrected chi connectivity index (χ2v) is 32.5. The lowest BCUT2D eigenvalue weighted by Gasteiger charge is -2.14. The highest BCUT2D eigenvalue weighted by atomic mass is 32.1. The molecule has 0 N–H and O–H groups in total. The van der Waals surface area contributed by atoms with Crippen molar-refractivity contribution in [2.75, 3.05) is 0 Å². The van der Waals surface area contributed by atoms with Crippen molar-refractivity contribution in [2.45, 2.75) is 175 Å². The summed E-state index contributed by atoms with van der Waals surface area (Å²) in [6.07, 6.45) is 29.7. The molecule has 498 valence electrons. The number of hydrogen-bond donors (Lipinski definition) is 0. The number of nitrogens with zero attached hydrogens (tertiary/aromatic N) is 4. The zero-order chi connectivity index (χ0) is 66.5. The number of hydrogen-bond acceptors (Lipinski definition) is 4. The van der Waals surface area contributed by atoms with E-state index in [0.29, 0.717) is 0 Å². The first-order chi connectivity index (χ1) is 48.1. The van der Waals surface area contributed by atoms with Gasteiger partial charge in [-0.3, -0.25) is 0 Å². The van der Waals surface area contributed by atoms with Crippen LogP contribution in [0, 0.1) is 13.8 Å². The van der Waals surface area contributed by atoms with Crippen LogP contribution in [0.4, 0.5) is 0 Å². The minimum atomic E-state index is 0.781. The Kier molecular flexibility index (Phi) is 18.6. The lowest BCUT2D eigenvalue weighted by Crippen LogP contribution is -2.03. The molecule has 0 aliphatic heterocycles. The first-order valence-corrected chi connectivity index (χ1v) is 40.7. The standard InChI is InChI=1S/C90H94N4S4/c1-8-10-12-14-16-18-20-22-24-26-28-60-47-88(96-56-60)84-50-75-71-35-31-65-64(67(71)39-43-80(75)92(84)6)33-37-73-69(65)41-45-82-77(73)51-85(89-48-61(57-97-89)29-27-25-23-21-19-17-15-13-11-9-2)94(82)53-78-59(4)55-98-90(78)86-52-76-72-36-32-62-63(68(72)40-44-81(76)93(86)7)30-34-70-66(62)38-42-79-74(70)49-83(91(79)5)87-46-58(3)54-95-87/h30-52,54-57H,8-29,53H2,1-7H3. The van der Waals surface area contributed by atoms with Gasteiger partial charge in [0, 0.05) is 71.3 Å². The van der Waals surface area contributed by atoms with Gasteiger partial charge in [-0.2, -0.15) is 0 Å². The van der Waals surface area contributed by atoms with Gasteiger partial charge >= 0.3 is 0 Å². The number of benzene rings is 8. The van der Waals surface area contributed by atoms with Gasteiger partial charge in [-0.25, -0.2) is 0 Å². The Hall–Kier alpha value is -7.72. The van der Waals surface area contributed by atoms with Crippen LogP contribution in [0.3, 0.4) is 0 Å². The normalized spacial score (nSPS) is 12.4. The highest BCUT2D eigenvalue weighted by molar-refractivity contribution is 7.14. The maximum absolute atomic E-state index is 2.67. The fraction of sp³-hybridized carbons (Fsp3) is 0.333. The molecule has 0 bridgehead atoms. The molecule has 16 rings (SSSR count). The van der Waals surface area contributed by atoms with Crippen molar-refractivity contribution >= 4 is 154 Å². The van der Waals surface area contributed by atoms with Gasteiger partial charge in [0.05, 0.1) is 42.3 Å². The van der Waals surface area contributed by atoms with E-state index in [2.05, 4.69) is 228 Å². The summed E-state index contributed by atoms with van der Waals surface area (Å²) in [5.74, 6) is 0. The van der Waals surface area contributed by atoms with Gasteiger partial charge in [0.2, 0.25) is 0 Å². The Bertz CT molecular complexity index is 5620. The van der Waals surface area contributed by atoms with E-state index >= 15 is 0 Å². The topological polar surface area (TPSA) is 19.7 Å². The summed E-state index contributed by atoms with van der Waals surface area (Å²) in [5, 5.41) is 30.6. The first kappa shape index (κ1) is 64.9. The van der Waals surface area contributed by atoms with Crippen molar-refractivity contribution < 1.29 is 0 Å². The van der Waals surface area contributed by atoms with E-state index in [1.807, 2.05) is 45.3 Å². The van der Waals surface area contributed by atoms with Crippen LogP contribution in [0.15, 0.2) is 161 Å². The number of unbranched alkanes of at least 4 members (excludes halogenated alkanes) is 18. The van der Waals surface area contributed by atoms with Gasteiger partial charge in [0.25, 0.3) is 0 Å². The van der Waals surface area contributed by atoms with Gasteiger partial charge in [0.1, 0.15) is 0 Å². The number of aromatic nitrogens is 4. The van der Waals surface area contributed by atoms with Gasteiger partial charge in [-0.15, -0.1) is 45.3 Å². The number of rotatable bonds is 28. The third-order valence-corrected chi connectivity index (χ3v) is 26.7. The average molecular weight is 1360 g/mol. The molecule has 0 unspecified atom stereocenters. The summed E-state index contributed by atoms with van der Waals surface area (Å²) in [5.41, 5.74) is 17.3. The summed E-state index contributed by atoms with van der Waals surface area (Å²) < 4.78 is 9.93. The highest BCUT2D eigenvalue weighted by Crippen LogP contribution is 2.46. The maximum atomic E-state index is 2.67. The minimum Gasteiger partial charge on any atom is -0.343 e. The molecule has 0 amide bonds. The molecule has 4 nitrogen and oxygen atoms in total. The molecular weight excluding hydrogens is 1270 g/mol. The van der Waals surface area contributed by atoms with E-state index in [-0.39, 0.29) is 0 Å². The van der Waals surface area contributed by atoms with Crippen LogP contribution in [0.2, 0.25) is 0 Å². The predicted molar refractivity (Wildman–Crippen MR) is 436 cm³/mol. The molecule has 0 aliphatic carbocycles. The van der Waals surface area contributed by atoms with E-state index < -0.39 is 0 Å². The molecule has 0 atom stereocenters. The van der Waals surface area contributed by atoms with Crippen molar-refractivity contribution in [3.05, 3.63) is 189 Å². The SMILES string of the molecule is CCCCCCCCCCCCc1csc(-c2cc3c4ccc5c(ccc6c5ccc5c6cc(-c6cc(CCCCCCCCCCCC)cs6)n5Cc5c(C)csc5-c5cc6c7ccc8c(ccc9c8ccc8c9cc(-c9cc(C)cs9)n8C)c7ccc6n5C)c4ccc3n2C)c1. The molecule has 98 heavy (non-hydrogen) atoms. The zero-order valence-corrected chi connectivity index (χ0v) is 62.0. The molecule has 0 spiro atoms. The van der Waals surface area contributed by atoms with Crippen LogP contribution in [0.1, 0.15) is 170 Å². The zero-order valence-electron chi connectivity index (χ0n) is 58.8. The van der Waals surface area contributed by atoms with E-state index in [1.54, 1.807) is 0 Å². The van der Waals surface area contributed by atoms with E-state index in [1.165, 1.54) is 313 Å². The molecule has 16 aromatic rings. The van der Waals surface area contributed by atoms with Crippen LogP contribution in [0.25, 0.3) is 151 Å². The third-order valence-electron chi connectivity index (χ3n) is 22.4. The number of aryl methyl sites for hydroxylation is 7. The van der Waals surface area contributed by atoms with Crippen molar-refractivity contribution in [2.24, 2.45) is 21.1 Å². The van der Waals surface area contributed by atoms with Crippen molar-refractivity contribution in [1.82, 2.24) is 18.3 Å². The van der Waals surface area contributed by atoms with Crippen molar-refractivity contribution in [3.63, 3.8) is 0 Å². The molecule has 8 heteroatoms. The molecule has 8 aromatic carbocycles. The Morgan fingerprint density at radius 1 is 0.286 bits per heavy atom. The lowest BCUT2D eigenvalue weighted by atomic mass is 9.94. The second-order valence-electron chi connectivity index (χ2n) is 28.9. The van der Waals surface area contributed by atoms with Crippen LogP contribution < -0.4 is 0 Å². The fourth-order valence-corrected chi connectivity index (χ4v) is 20.9. The molecule has 0 fully saturated rings. The molecule has 8 heterocycles. The summed E-state index contributed by atoms with van der Waals surface area (Å²) in [7, 11) is 6.76. The summed E-state index contributed by atoms with van der Waals surface area (Å²) >= 11 is 7.59. The predicted octanol–water partition coefficient (Wildman–Crippen LogP) is 28.5. The smallest absolute Gasteiger partial charge is 0.0596 e. The Labute approximate surface area is 595 Å². The van der Waals surface area contributed by atoms with E-state index in [9.17, 15) is 0 Å². The van der Waals surface area contributed by atoms with Gasteiger partial charge in [-0.05, 0) is 220 Å². The van der Waals surface area contributed by atoms with Gasteiger partial charge in [-0.1, -0.05) is 202 Å². The molecule has 0 radical (unpaired) electrons. The Balaban J connectivity index is 0.721. The Morgan fingerprint density at radius 2 is 0.602 bits per heavy atom. The van der Waals surface area contributed by atoms with Gasteiger partial charge in [0.15, 0.2) is 0 Å². The molecule has 0 saturated carbocycles. The molecular formula is C90H94N4S4. The Morgan fingerprint density at radius 3 is 1.01 bits per heavy atom. The minimum absolute atomic E-state index is 0.781. The third kappa shape index (κ3) is 12.0. The fourth-order valence-electron chi connectivity index (χ4n) is 16.9. The summed E-state index contributed by atoms with van der Waals surface area (Å²) in [4.78, 5) is 5.40. The van der Waals surface area contributed by atoms with E-state index in [4.69, 9.17) is 0 Å². The van der Waals surface area contributed by atoms with Crippen molar-refractivity contribution in [3.8, 4) is 42.3 Å². The second kappa shape index (κ2) is 28.1. The first-order valence-electron chi connectivity index (χ1n) is 37.2. The van der Waals surface area contributed by atoms with Crippen LogP contribution in [-0.4, -0.2) is 18.3 Å². The quantitative estimate of drug-likeness (QED) is 0.0344. The molecule has 8 aromatic heterocycles. The van der Waals surface area contributed by atoms with E-state index in [0.717, 1.165) is 13.0 Å². The average Bonchev–Trinajstić information content (AvgIpc) is 1.42. The van der Waals surface area contributed by atoms with Crippen molar-refractivity contribution in [1.29, 1.82) is 0 Å². The van der Waals surface area contributed by atoms with Crippen LogP contribution in [0.5, 0.6) is 0 Å². The lowest BCUT2D eigenvalue weighted by molar-refractivity contribution is 0.556. The summed E-state index contributed by atoms with van der Waals surface area (Å²) in [6.45, 7) is 9.93. The number of fused-ring (bicyclic) bond motifs is 18. The maximum Gasteiger partial charge on any atom is 0.0596 e. The van der Waals surface area contributed by atoms with Crippen LogP contribution in [-0.2, 0) is 40.5 Å². The number of thiophene rings is 4. The highest BCUT2D eigenvalue weighted by Gasteiger charge is 2.24. The molecule has 0 aliphatic rings. The monoisotopic (exact) mass is 1360 g/mol. The van der Waals surface area contributed by atoms with Gasteiger partial charge < -0.3 is 18.3 Å². The largest absolute Gasteiger partial charge is 0.343 e. The van der Waals surface area contributed by atoms with Crippen LogP contribution >= 0.6 is 45.3 Å². The molecule has 0 saturated heterocycles.